The lowest BCUT2D eigenvalue weighted by atomic mass is 10.0. The number of carbonyl (C=O) groups excluding carboxylic acids is 2. The van der Waals surface area contributed by atoms with E-state index in [1.165, 1.54) is 0 Å². The Bertz CT molecular complexity index is 945. The first-order valence-electron chi connectivity index (χ1n) is 8.57. The van der Waals surface area contributed by atoms with Gasteiger partial charge in [-0.3, -0.25) is 14.6 Å². The zero-order chi connectivity index (χ0) is 18.5. The number of aromatic nitrogens is 1. The summed E-state index contributed by atoms with van der Waals surface area (Å²) in [6, 6.07) is 16.9. The van der Waals surface area contributed by atoms with Crippen LogP contribution in [0.4, 0.5) is 11.4 Å². The van der Waals surface area contributed by atoms with Gasteiger partial charge in [-0.15, -0.1) is 0 Å². The number of para-hydroxylation sites is 2. The summed E-state index contributed by atoms with van der Waals surface area (Å²) in [7, 11) is 0. The number of rotatable bonds is 5. The Kier molecular flexibility index (Phi) is 5.27. The van der Waals surface area contributed by atoms with Gasteiger partial charge in [0.15, 0.2) is 0 Å². The van der Waals surface area contributed by atoms with Gasteiger partial charge < -0.3 is 10.6 Å². The molecule has 0 aliphatic heterocycles. The highest BCUT2D eigenvalue weighted by Crippen LogP contribution is 2.24. The molecule has 0 bridgehead atoms. The number of anilines is 2. The lowest BCUT2D eigenvalue weighted by molar-refractivity contribution is -0.123. The molecular formula is C21H21N3O2. The fourth-order valence-corrected chi connectivity index (χ4v) is 2.85. The average Bonchev–Trinajstić information content (AvgIpc) is 2.62. The van der Waals surface area contributed by atoms with Crippen LogP contribution in [-0.4, -0.2) is 16.8 Å². The zero-order valence-corrected chi connectivity index (χ0v) is 14.8. The monoisotopic (exact) mass is 347 g/mol. The summed E-state index contributed by atoms with van der Waals surface area (Å²) < 4.78 is 0. The van der Waals surface area contributed by atoms with Crippen molar-refractivity contribution in [2.75, 3.05) is 10.6 Å². The molecule has 0 spiro atoms. The Hall–Kier alpha value is -3.21. The lowest BCUT2D eigenvalue weighted by Crippen LogP contribution is -2.22. The first kappa shape index (κ1) is 17.6. The topological polar surface area (TPSA) is 71.1 Å². The summed E-state index contributed by atoms with van der Waals surface area (Å²) in [6.07, 6.45) is 1.42. The number of benzene rings is 2. The van der Waals surface area contributed by atoms with E-state index in [1.54, 1.807) is 12.3 Å². The molecule has 0 saturated heterocycles. The summed E-state index contributed by atoms with van der Waals surface area (Å²) in [5.74, 6) is -0.437. The molecule has 2 aromatic carbocycles. The molecule has 1 aromatic heterocycles. The standard InChI is InChI=1S/C21H21N3O2/c1-14(2)16-9-3-4-10-17(16)23-19(25)13-20(26)24-18-11-5-7-15-8-6-12-22-21(15)18/h3-12,14H,13H2,1-2H3,(H,23,25)(H,24,26). The van der Waals surface area contributed by atoms with E-state index in [9.17, 15) is 9.59 Å². The van der Waals surface area contributed by atoms with Crippen LogP contribution < -0.4 is 10.6 Å². The molecule has 0 fully saturated rings. The van der Waals surface area contributed by atoms with Gasteiger partial charge >= 0.3 is 0 Å². The number of nitrogens with zero attached hydrogens (tertiary/aromatic N) is 1. The average molecular weight is 347 g/mol. The van der Waals surface area contributed by atoms with E-state index in [4.69, 9.17) is 0 Å². The minimum atomic E-state index is -0.373. The van der Waals surface area contributed by atoms with Crippen LogP contribution in [0.1, 0.15) is 31.7 Å². The fourth-order valence-electron chi connectivity index (χ4n) is 2.85. The van der Waals surface area contributed by atoms with Crippen LogP contribution in [0.3, 0.4) is 0 Å². The van der Waals surface area contributed by atoms with E-state index < -0.39 is 0 Å². The molecule has 5 heteroatoms. The van der Waals surface area contributed by atoms with Crippen molar-refractivity contribution in [1.82, 2.24) is 4.98 Å². The van der Waals surface area contributed by atoms with Gasteiger partial charge in [0.05, 0.1) is 11.2 Å². The molecule has 0 aliphatic carbocycles. The molecule has 1 heterocycles. The van der Waals surface area contributed by atoms with Crippen molar-refractivity contribution in [3.05, 3.63) is 66.4 Å². The second kappa shape index (κ2) is 7.78. The van der Waals surface area contributed by atoms with E-state index >= 15 is 0 Å². The van der Waals surface area contributed by atoms with E-state index in [-0.39, 0.29) is 24.2 Å². The van der Waals surface area contributed by atoms with E-state index in [0.29, 0.717) is 11.2 Å². The van der Waals surface area contributed by atoms with Crippen molar-refractivity contribution >= 4 is 34.1 Å². The Morgan fingerprint density at radius 3 is 2.31 bits per heavy atom. The molecule has 3 rings (SSSR count). The minimum absolute atomic E-state index is 0.254. The van der Waals surface area contributed by atoms with Crippen molar-refractivity contribution in [3.8, 4) is 0 Å². The summed E-state index contributed by atoms with van der Waals surface area (Å²) in [6.45, 7) is 4.12. The van der Waals surface area contributed by atoms with Crippen LogP contribution in [0.5, 0.6) is 0 Å². The van der Waals surface area contributed by atoms with Gasteiger partial charge in [-0.05, 0) is 29.7 Å². The van der Waals surface area contributed by atoms with Crippen LogP contribution in [0, 0.1) is 0 Å². The molecular weight excluding hydrogens is 326 g/mol. The molecule has 26 heavy (non-hydrogen) atoms. The SMILES string of the molecule is CC(C)c1ccccc1NC(=O)CC(=O)Nc1cccc2cccnc12. The molecule has 132 valence electrons. The van der Waals surface area contributed by atoms with Crippen LogP contribution >= 0.6 is 0 Å². The van der Waals surface area contributed by atoms with Gasteiger partial charge in [0, 0.05) is 17.3 Å². The third kappa shape index (κ3) is 4.06. The molecule has 0 saturated carbocycles. The predicted molar refractivity (Wildman–Crippen MR) is 104 cm³/mol. The summed E-state index contributed by atoms with van der Waals surface area (Å²) in [5.41, 5.74) is 3.09. The van der Waals surface area contributed by atoms with Gasteiger partial charge in [0.2, 0.25) is 11.8 Å². The first-order valence-corrected chi connectivity index (χ1v) is 8.57. The maximum absolute atomic E-state index is 12.3. The van der Waals surface area contributed by atoms with E-state index in [2.05, 4.69) is 29.5 Å². The second-order valence-electron chi connectivity index (χ2n) is 6.40. The highest BCUT2D eigenvalue weighted by atomic mass is 16.2. The molecule has 2 N–H and O–H groups in total. The van der Waals surface area contributed by atoms with Gasteiger partial charge in [0.1, 0.15) is 6.42 Å². The third-order valence-corrected chi connectivity index (χ3v) is 4.08. The minimum Gasteiger partial charge on any atom is -0.325 e. The molecule has 0 radical (unpaired) electrons. The molecule has 3 aromatic rings. The quantitative estimate of drug-likeness (QED) is 0.675. The summed E-state index contributed by atoms with van der Waals surface area (Å²) >= 11 is 0. The van der Waals surface area contributed by atoms with Crippen molar-refractivity contribution in [1.29, 1.82) is 0 Å². The molecule has 0 unspecified atom stereocenters. The second-order valence-corrected chi connectivity index (χ2v) is 6.40. The lowest BCUT2D eigenvalue weighted by Gasteiger charge is -2.13. The number of hydrogen-bond acceptors (Lipinski definition) is 3. The number of fused-ring (bicyclic) bond motifs is 1. The largest absolute Gasteiger partial charge is 0.325 e. The smallest absolute Gasteiger partial charge is 0.233 e. The summed E-state index contributed by atoms with van der Waals surface area (Å²) in [4.78, 5) is 28.8. The van der Waals surface area contributed by atoms with Crippen molar-refractivity contribution < 1.29 is 9.59 Å². The number of hydrogen-bond donors (Lipinski definition) is 2. The number of amides is 2. The predicted octanol–water partition coefficient (Wildman–Crippen LogP) is 4.33. The fraction of sp³-hybridized carbons (Fsp3) is 0.190. The van der Waals surface area contributed by atoms with Crippen molar-refractivity contribution in [3.63, 3.8) is 0 Å². The normalized spacial score (nSPS) is 10.7. The molecule has 0 aliphatic rings. The third-order valence-electron chi connectivity index (χ3n) is 4.08. The maximum Gasteiger partial charge on any atom is 0.233 e. The number of nitrogens with one attached hydrogen (secondary N) is 2. The van der Waals surface area contributed by atoms with Crippen molar-refractivity contribution in [2.24, 2.45) is 0 Å². The van der Waals surface area contributed by atoms with Crippen LogP contribution in [0.2, 0.25) is 0 Å². The van der Waals surface area contributed by atoms with E-state index in [1.807, 2.05) is 48.5 Å². The maximum atomic E-state index is 12.3. The van der Waals surface area contributed by atoms with Gasteiger partial charge in [-0.2, -0.15) is 0 Å². The van der Waals surface area contributed by atoms with E-state index in [0.717, 1.165) is 16.6 Å². The number of carbonyl (C=O) groups is 2. The van der Waals surface area contributed by atoms with Gasteiger partial charge in [0.25, 0.3) is 0 Å². The Balaban J connectivity index is 1.67. The Labute approximate surface area is 152 Å². The highest BCUT2D eigenvalue weighted by Gasteiger charge is 2.14. The van der Waals surface area contributed by atoms with Gasteiger partial charge in [-0.25, -0.2) is 0 Å². The van der Waals surface area contributed by atoms with Gasteiger partial charge in [-0.1, -0.05) is 50.2 Å². The highest BCUT2D eigenvalue weighted by molar-refractivity contribution is 6.10. The van der Waals surface area contributed by atoms with Crippen molar-refractivity contribution in [2.45, 2.75) is 26.2 Å². The molecule has 5 nitrogen and oxygen atoms in total. The molecule has 0 atom stereocenters. The van der Waals surface area contributed by atoms with Crippen LogP contribution in [0.25, 0.3) is 10.9 Å². The Morgan fingerprint density at radius 2 is 1.54 bits per heavy atom. The Morgan fingerprint density at radius 1 is 0.885 bits per heavy atom. The first-order chi connectivity index (χ1) is 12.5. The molecule has 2 amide bonds. The van der Waals surface area contributed by atoms with Crippen LogP contribution in [-0.2, 0) is 9.59 Å². The summed E-state index contributed by atoms with van der Waals surface area (Å²) in [5, 5.41) is 6.54. The van der Waals surface area contributed by atoms with Crippen LogP contribution in [0.15, 0.2) is 60.8 Å². The zero-order valence-electron chi connectivity index (χ0n) is 14.8. The number of pyridine rings is 1.